The molecule has 1 N–H and O–H groups in total. The van der Waals surface area contributed by atoms with Gasteiger partial charge in [-0.2, -0.15) is 0 Å². The molecule has 0 aliphatic heterocycles. The third-order valence-corrected chi connectivity index (χ3v) is 5.01. The maximum Gasteiger partial charge on any atom is 0.280 e. The van der Waals surface area contributed by atoms with Crippen LogP contribution in [0, 0.1) is 0 Å². The zero-order valence-electron chi connectivity index (χ0n) is 17.6. The van der Waals surface area contributed by atoms with E-state index in [0.717, 1.165) is 28.4 Å². The van der Waals surface area contributed by atoms with Gasteiger partial charge in [-0.1, -0.05) is 18.2 Å². The highest BCUT2D eigenvalue weighted by molar-refractivity contribution is 6.04. The van der Waals surface area contributed by atoms with Gasteiger partial charge in [-0.15, -0.1) is 0 Å². The van der Waals surface area contributed by atoms with Gasteiger partial charge in [-0.3, -0.25) is 14.9 Å². The molecular weight excluding hydrogens is 390 g/mol. The summed E-state index contributed by atoms with van der Waals surface area (Å²) in [5.74, 6) is 1.50. The lowest BCUT2D eigenvalue weighted by atomic mass is 10.0. The third-order valence-electron chi connectivity index (χ3n) is 5.01. The molecule has 1 heterocycles. The highest BCUT2D eigenvalue weighted by Gasteiger charge is 2.19. The molecule has 0 aliphatic carbocycles. The van der Waals surface area contributed by atoms with Crippen molar-refractivity contribution in [2.45, 2.75) is 6.92 Å². The van der Waals surface area contributed by atoms with Crippen molar-refractivity contribution in [3.8, 4) is 28.4 Å². The van der Waals surface area contributed by atoms with Crippen LogP contribution in [0.5, 0.6) is 11.5 Å². The summed E-state index contributed by atoms with van der Waals surface area (Å²) in [7, 11) is 3.25. The van der Waals surface area contributed by atoms with Gasteiger partial charge in [-0.25, -0.2) is 4.68 Å². The van der Waals surface area contributed by atoms with E-state index >= 15 is 0 Å². The number of methoxy groups -OCH3 is 2. The Hall–Kier alpha value is -4.06. The van der Waals surface area contributed by atoms with Crippen LogP contribution in [0.25, 0.3) is 16.9 Å². The summed E-state index contributed by atoms with van der Waals surface area (Å²) in [6.07, 6.45) is 0. The number of nitrogens with one attached hydrogen (secondary N) is 1. The van der Waals surface area contributed by atoms with Crippen molar-refractivity contribution < 1.29 is 9.47 Å². The number of hydrogen-bond donors (Lipinski definition) is 1. The number of aromatic nitrogens is 2. The van der Waals surface area contributed by atoms with Gasteiger partial charge in [0, 0.05) is 5.56 Å². The van der Waals surface area contributed by atoms with Crippen molar-refractivity contribution in [2.75, 3.05) is 14.2 Å². The Balaban J connectivity index is 1.86. The first-order chi connectivity index (χ1) is 15.1. The summed E-state index contributed by atoms with van der Waals surface area (Å²) < 4.78 is 12.0. The van der Waals surface area contributed by atoms with Crippen LogP contribution >= 0.6 is 0 Å². The van der Waals surface area contributed by atoms with E-state index in [4.69, 9.17) is 14.5 Å². The second-order valence-electron chi connectivity index (χ2n) is 6.96. The van der Waals surface area contributed by atoms with Crippen LogP contribution in [0.4, 0.5) is 5.69 Å². The topological polar surface area (TPSA) is 68.6 Å². The fourth-order valence-electron chi connectivity index (χ4n) is 3.40. The molecule has 3 aromatic carbocycles. The maximum atomic E-state index is 13.4. The van der Waals surface area contributed by atoms with Crippen LogP contribution in [0.15, 0.2) is 88.6 Å². The molecule has 0 spiro atoms. The number of nitrogens with zero attached hydrogens (tertiary/aromatic N) is 2. The van der Waals surface area contributed by atoms with Crippen LogP contribution in [-0.2, 0) is 0 Å². The minimum absolute atomic E-state index is 0.160. The van der Waals surface area contributed by atoms with Gasteiger partial charge in [0.15, 0.2) is 0 Å². The molecule has 31 heavy (non-hydrogen) atoms. The summed E-state index contributed by atoms with van der Waals surface area (Å²) in [6, 6.07) is 24.5. The Morgan fingerprint density at radius 1 is 0.839 bits per heavy atom. The van der Waals surface area contributed by atoms with E-state index in [0.29, 0.717) is 17.0 Å². The van der Waals surface area contributed by atoms with Crippen LogP contribution in [0.3, 0.4) is 0 Å². The van der Waals surface area contributed by atoms with Crippen molar-refractivity contribution in [3.63, 3.8) is 0 Å². The molecule has 6 nitrogen and oxygen atoms in total. The van der Waals surface area contributed by atoms with Crippen LogP contribution in [0.1, 0.15) is 12.5 Å². The van der Waals surface area contributed by atoms with Crippen LogP contribution in [-0.4, -0.2) is 29.7 Å². The molecule has 0 saturated heterocycles. The molecule has 0 saturated carbocycles. The lowest BCUT2D eigenvalue weighted by molar-refractivity contribution is 0.415. The SMILES string of the molecule is COc1ccc(N=C(C)c2c(-c3ccc(OC)cc3)[nH]n(-c3ccccc3)c2=O)cc1. The molecule has 0 atom stereocenters. The standard InChI is InChI=1S/C25H23N3O3/c1-17(26-19-11-15-22(31-3)16-12-19)23-24(18-9-13-21(30-2)14-10-18)27-28(25(23)29)20-7-5-4-6-8-20/h4-16,27H,1-3H3. The molecule has 0 radical (unpaired) electrons. The minimum atomic E-state index is -0.160. The quantitative estimate of drug-likeness (QED) is 0.453. The molecule has 6 heteroatoms. The first-order valence-corrected chi connectivity index (χ1v) is 9.85. The number of H-pyrrole nitrogens is 1. The number of para-hydroxylation sites is 1. The molecule has 0 unspecified atom stereocenters. The van der Waals surface area contributed by atoms with E-state index in [1.54, 1.807) is 18.9 Å². The lowest BCUT2D eigenvalue weighted by Gasteiger charge is -2.05. The van der Waals surface area contributed by atoms with Gasteiger partial charge < -0.3 is 9.47 Å². The van der Waals surface area contributed by atoms with E-state index in [1.807, 2.05) is 85.8 Å². The Kier molecular flexibility index (Phi) is 5.71. The van der Waals surface area contributed by atoms with Crippen molar-refractivity contribution in [2.24, 2.45) is 4.99 Å². The number of rotatable bonds is 6. The van der Waals surface area contributed by atoms with Crippen LogP contribution < -0.4 is 15.0 Å². The molecule has 0 fully saturated rings. The molecule has 0 aliphatic rings. The largest absolute Gasteiger partial charge is 0.497 e. The Labute approximate surface area is 180 Å². The van der Waals surface area contributed by atoms with Crippen molar-refractivity contribution >= 4 is 11.4 Å². The number of benzene rings is 3. The fraction of sp³-hybridized carbons (Fsp3) is 0.120. The average molecular weight is 413 g/mol. The van der Waals surface area contributed by atoms with Crippen molar-refractivity contribution in [3.05, 3.63) is 94.8 Å². The van der Waals surface area contributed by atoms with E-state index in [9.17, 15) is 4.79 Å². The second kappa shape index (κ2) is 8.75. The van der Waals surface area contributed by atoms with Gasteiger partial charge >= 0.3 is 0 Å². The van der Waals surface area contributed by atoms with Gasteiger partial charge in [0.25, 0.3) is 5.56 Å². The van der Waals surface area contributed by atoms with Gasteiger partial charge in [-0.05, 0) is 67.6 Å². The predicted octanol–water partition coefficient (Wildman–Crippen LogP) is 4.99. The molecular formula is C25H23N3O3. The minimum Gasteiger partial charge on any atom is -0.497 e. The fourth-order valence-corrected chi connectivity index (χ4v) is 3.40. The van der Waals surface area contributed by atoms with E-state index in [1.165, 1.54) is 0 Å². The Morgan fingerprint density at radius 2 is 1.42 bits per heavy atom. The van der Waals surface area contributed by atoms with Crippen LogP contribution in [0.2, 0.25) is 0 Å². The van der Waals surface area contributed by atoms with E-state index < -0.39 is 0 Å². The van der Waals surface area contributed by atoms with Crippen molar-refractivity contribution in [1.82, 2.24) is 9.78 Å². The Bertz CT molecular complexity index is 1250. The highest BCUT2D eigenvalue weighted by atomic mass is 16.5. The normalized spacial score (nSPS) is 11.4. The summed E-state index contributed by atoms with van der Waals surface area (Å²) in [5, 5.41) is 3.27. The molecule has 4 aromatic rings. The lowest BCUT2D eigenvalue weighted by Crippen LogP contribution is -2.19. The number of aliphatic imine (C=N–C) groups is 1. The summed E-state index contributed by atoms with van der Waals surface area (Å²) in [5.41, 5.74) is 4.04. The number of aromatic amines is 1. The zero-order chi connectivity index (χ0) is 21.8. The third kappa shape index (κ3) is 4.14. The highest BCUT2D eigenvalue weighted by Crippen LogP contribution is 2.25. The average Bonchev–Trinajstić information content (AvgIpc) is 3.17. The second-order valence-corrected chi connectivity index (χ2v) is 6.96. The number of hydrogen-bond acceptors (Lipinski definition) is 4. The van der Waals surface area contributed by atoms with Gasteiger partial charge in [0.05, 0.1) is 42.6 Å². The monoisotopic (exact) mass is 413 g/mol. The zero-order valence-corrected chi connectivity index (χ0v) is 17.6. The molecule has 1 aromatic heterocycles. The maximum absolute atomic E-state index is 13.4. The van der Waals surface area contributed by atoms with E-state index in [-0.39, 0.29) is 5.56 Å². The molecule has 4 rings (SSSR count). The van der Waals surface area contributed by atoms with Gasteiger partial charge in [0.2, 0.25) is 0 Å². The molecule has 0 amide bonds. The van der Waals surface area contributed by atoms with Crippen molar-refractivity contribution in [1.29, 1.82) is 0 Å². The molecule has 0 bridgehead atoms. The Morgan fingerprint density at radius 3 is 2.00 bits per heavy atom. The number of ether oxygens (including phenoxy) is 2. The summed E-state index contributed by atoms with van der Waals surface area (Å²) >= 11 is 0. The predicted molar refractivity (Wildman–Crippen MR) is 123 cm³/mol. The molecule has 156 valence electrons. The smallest absolute Gasteiger partial charge is 0.280 e. The van der Waals surface area contributed by atoms with E-state index in [2.05, 4.69) is 5.10 Å². The first kappa shape index (κ1) is 20.2. The van der Waals surface area contributed by atoms with Gasteiger partial charge in [0.1, 0.15) is 11.5 Å². The first-order valence-electron chi connectivity index (χ1n) is 9.85. The summed E-state index contributed by atoms with van der Waals surface area (Å²) in [4.78, 5) is 18.1. The summed E-state index contributed by atoms with van der Waals surface area (Å²) in [6.45, 7) is 1.84.